The first-order valence-corrected chi connectivity index (χ1v) is 50.1. The normalized spacial score (nSPS) is 11.6. The number of para-hydroxylation sites is 5. The number of fused-ring (bicyclic) bond motifs is 25. The summed E-state index contributed by atoms with van der Waals surface area (Å²) in [6.45, 7) is 4.09. The Bertz CT molecular complexity index is 9370. The predicted octanol–water partition coefficient (Wildman–Crippen LogP) is 32.4. The van der Waals surface area contributed by atoms with Gasteiger partial charge in [-0.25, -0.2) is 29.9 Å². The topological polar surface area (TPSA) is 165 Å². The highest BCUT2D eigenvalue weighted by molar-refractivity contribution is 7.19. The van der Waals surface area contributed by atoms with E-state index in [1.165, 1.54) is 160 Å². The number of pyridine rings is 5. The minimum atomic E-state index is 0.676. The number of thiophene rings is 5. The molecule has 0 radical (unpaired) electrons. The summed E-state index contributed by atoms with van der Waals surface area (Å²) in [6, 6.07) is 121. The van der Waals surface area contributed by atoms with Gasteiger partial charge in [-0.15, -0.1) is 56.7 Å². The summed E-state index contributed by atoms with van der Waals surface area (Å²) in [7, 11) is 0. The van der Waals surface area contributed by atoms with Crippen molar-refractivity contribution < 1.29 is 0 Å². The number of nitrogens with one attached hydrogen (secondary N) is 1. The summed E-state index contributed by atoms with van der Waals surface area (Å²) >= 11 is 8.90. The van der Waals surface area contributed by atoms with E-state index in [0.29, 0.717) is 5.82 Å². The van der Waals surface area contributed by atoms with Gasteiger partial charge in [0.15, 0.2) is 11.6 Å². The fraction of sp³-hybridized carbons (Fsp3) is 0. The van der Waals surface area contributed by atoms with Crippen molar-refractivity contribution in [2.75, 3.05) is 0 Å². The number of nitrogens with zero attached hydrogens (tertiary/aromatic N) is 14. The minimum absolute atomic E-state index is 0.676. The molecular weight excluding hydrogens is 1810 g/mol. The van der Waals surface area contributed by atoms with Crippen LogP contribution in [0, 0.1) is 5.41 Å². The number of benzene rings is 12. The molecule has 0 saturated carbocycles. The summed E-state index contributed by atoms with van der Waals surface area (Å²) in [6.07, 6.45) is 21.3. The van der Waals surface area contributed by atoms with E-state index in [4.69, 9.17) is 20.4 Å². The second-order valence-corrected chi connectivity index (χ2v) is 38.3. The first-order chi connectivity index (χ1) is 69.4. The van der Waals surface area contributed by atoms with Crippen molar-refractivity contribution in [2.45, 2.75) is 0 Å². The molecule has 140 heavy (non-hydrogen) atoms. The van der Waals surface area contributed by atoms with Crippen molar-refractivity contribution in [3.05, 3.63) is 453 Å². The van der Waals surface area contributed by atoms with Crippen LogP contribution in [0.15, 0.2) is 447 Å². The van der Waals surface area contributed by atoms with Gasteiger partial charge in [0, 0.05) is 131 Å². The lowest BCUT2D eigenvalue weighted by Gasteiger charge is -2.09. The van der Waals surface area contributed by atoms with E-state index in [-0.39, 0.29) is 0 Å². The van der Waals surface area contributed by atoms with E-state index in [1.807, 2.05) is 152 Å². The molecule has 0 fully saturated rings. The monoisotopic (exact) mass is 1890 g/mol. The van der Waals surface area contributed by atoms with Crippen LogP contribution >= 0.6 is 56.7 Å². The number of allylic oxidation sites excluding steroid dienone is 3. The standard InChI is InChI=1S/C25H16N2S.2C24H15N3S.C24H17N3S.C23H14N4S/c1-2-7-23-20(5-1)21-13-10-18-14-16-28-25(18)24(21)27(23)19-11-8-17(9-12-19)22-6-3-4-15-26-22;1-2-6-21-19(5-1)20-8-7-16-10-13-28-24(16)23(20)27(21)22-14-17(9-12-26-22)18-4-3-11-25-15-18;1-2-6-17(7-3-1)24-25-14-18(15-26-24)27-21-9-5-4-8-19(21)20-11-10-16-12-13-28-23(16)22(20)27;1-16(6-5-14-25)20-8-4-10-22(26-20)27-21-9-3-2-7-18(21)19-12-11-17-13-15-28-24(17)23(19)27;1-2-6-19-17(5-1)18-8-7-15-10-13-28-22(15)21(18)27(19)20-9-12-25-23(26-20)16-4-3-11-24-14-16/h1-16H;2*1-15H;2-15,25H,1H2;1-14H/b;;;6-5-,25-14?;. The van der Waals surface area contributed by atoms with Gasteiger partial charge in [-0.1, -0.05) is 225 Å². The van der Waals surface area contributed by atoms with Gasteiger partial charge in [-0.2, -0.15) is 0 Å². The highest BCUT2D eigenvalue weighted by atomic mass is 32.1. The average Bonchev–Trinajstić information content (AvgIpc) is 1.60. The molecule has 15 nitrogen and oxygen atoms in total. The highest BCUT2D eigenvalue weighted by Crippen LogP contribution is 2.46. The van der Waals surface area contributed by atoms with Crippen LogP contribution in [0.2, 0.25) is 0 Å². The van der Waals surface area contributed by atoms with Crippen LogP contribution in [0.3, 0.4) is 0 Å². The molecule has 29 rings (SSSR count). The molecule has 0 bridgehead atoms. The summed E-state index contributed by atoms with van der Waals surface area (Å²) in [5.74, 6) is 4.07. The fourth-order valence-corrected chi connectivity index (χ4v) is 24.1. The van der Waals surface area contributed by atoms with Crippen LogP contribution in [-0.2, 0) is 0 Å². The molecule has 662 valence electrons. The smallest absolute Gasteiger partial charge is 0.163 e. The quantitative estimate of drug-likeness (QED) is 0.0926. The molecule has 0 aliphatic rings. The Morgan fingerprint density at radius 1 is 0.264 bits per heavy atom. The SMILES string of the molecule is C=C(/C=C\C=N)c1cccc(-n2c3ccccc3c3ccc4ccsc4c32)n1.c1ccc(-c2ccc(-n3c4ccccc4c4ccc5ccsc5c43)cc2)nc1.c1ccc(-c2ncc(-n3c4ccccc4c4ccc5ccsc5c43)cn2)cc1.c1cncc(-c2ccnc(-n3c4ccccc4c4ccc5ccsc5c43)c2)c1.c1cncc(-c2nccc(-n3c4ccccc4c4ccc5ccsc5c43)n2)c1. The lowest BCUT2D eigenvalue weighted by molar-refractivity contribution is 1.04. The van der Waals surface area contributed by atoms with Crippen LogP contribution in [0.5, 0.6) is 0 Å². The Morgan fingerprint density at radius 3 is 1.14 bits per heavy atom. The third-order valence-corrected chi connectivity index (χ3v) is 30.4. The molecule has 0 aliphatic heterocycles. The van der Waals surface area contributed by atoms with Gasteiger partial charge in [-0.05, 0) is 205 Å². The maximum Gasteiger partial charge on any atom is 0.163 e. The van der Waals surface area contributed by atoms with Gasteiger partial charge in [0.2, 0.25) is 0 Å². The molecule has 0 saturated heterocycles. The zero-order valence-corrected chi connectivity index (χ0v) is 78.8. The Balaban J connectivity index is 0.0000000924. The van der Waals surface area contributed by atoms with Crippen molar-refractivity contribution >= 4 is 228 Å². The van der Waals surface area contributed by atoms with E-state index in [9.17, 15) is 0 Å². The van der Waals surface area contributed by atoms with Crippen molar-refractivity contribution in [1.82, 2.24) is 67.7 Å². The lowest BCUT2D eigenvalue weighted by atomic mass is 10.1. The van der Waals surface area contributed by atoms with Gasteiger partial charge in [0.25, 0.3) is 0 Å². The number of hydrogen-bond donors (Lipinski definition) is 1. The van der Waals surface area contributed by atoms with Crippen molar-refractivity contribution in [3.8, 4) is 74.0 Å². The van der Waals surface area contributed by atoms with Crippen LogP contribution in [0.25, 0.3) is 239 Å². The van der Waals surface area contributed by atoms with Crippen molar-refractivity contribution in [2.24, 2.45) is 0 Å². The summed E-state index contributed by atoms with van der Waals surface area (Å²) in [5, 5.41) is 36.8. The number of aromatic nitrogens is 14. The maximum absolute atomic E-state index is 7.18. The molecule has 0 amide bonds. The molecule has 17 aromatic heterocycles. The molecule has 29 aromatic rings. The highest BCUT2D eigenvalue weighted by Gasteiger charge is 2.24. The van der Waals surface area contributed by atoms with Crippen LogP contribution in [0.4, 0.5) is 0 Å². The maximum atomic E-state index is 7.18. The van der Waals surface area contributed by atoms with E-state index in [2.05, 4.69) is 335 Å². The zero-order valence-electron chi connectivity index (χ0n) is 74.7. The molecule has 20 heteroatoms. The molecule has 17 heterocycles. The van der Waals surface area contributed by atoms with E-state index in [0.717, 1.165) is 84.8 Å². The first kappa shape index (κ1) is 84.3. The molecule has 1 N–H and O–H groups in total. The second kappa shape index (κ2) is 36.3. The van der Waals surface area contributed by atoms with Crippen LogP contribution < -0.4 is 0 Å². The summed E-state index contributed by atoms with van der Waals surface area (Å²) in [4.78, 5) is 41.3. The Kier molecular flexibility index (Phi) is 21.8. The third kappa shape index (κ3) is 15.0. The summed E-state index contributed by atoms with van der Waals surface area (Å²) in [5.41, 5.74) is 22.0. The third-order valence-electron chi connectivity index (χ3n) is 25.7. The predicted molar refractivity (Wildman–Crippen MR) is 590 cm³/mol. The van der Waals surface area contributed by atoms with Gasteiger partial charge >= 0.3 is 0 Å². The molecular formula is C120H77N15S5. The van der Waals surface area contributed by atoms with Gasteiger partial charge in [0.05, 0.1) is 108 Å². The second-order valence-electron chi connectivity index (χ2n) is 33.7. The fourth-order valence-electron chi connectivity index (χ4n) is 19.4. The van der Waals surface area contributed by atoms with Gasteiger partial charge in [0.1, 0.15) is 17.5 Å². The van der Waals surface area contributed by atoms with Crippen molar-refractivity contribution in [1.29, 1.82) is 5.41 Å². The van der Waals surface area contributed by atoms with E-state index >= 15 is 0 Å². The molecule has 0 unspecified atom stereocenters. The lowest BCUT2D eigenvalue weighted by Crippen LogP contribution is -2.00. The first-order valence-electron chi connectivity index (χ1n) is 45.7. The Morgan fingerprint density at radius 2 is 0.679 bits per heavy atom. The molecule has 12 aromatic carbocycles. The van der Waals surface area contributed by atoms with Crippen molar-refractivity contribution in [3.63, 3.8) is 0 Å². The van der Waals surface area contributed by atoms with Gasteiger partial charge < -0.3 is 14.5 Å². The molecule has 0 spiro atoms. The molecule has 0 aliphatic carbocycles. The Labute approximate surface area is 821 Å². The van der Waals surface area contributed by atoms with Gasteiger partial charge in [-0.3, -0.25) is 28.7 Å². The largest absolute Gasteiger partial charge is 0.309 e. The minimum Gasteiger partial charge on any atom is -0.309 e. The van der Waals surface area contributed by atoms with Crippen LogP contribution in [0.1, 0.15) is 5.69 Å². The van der Waals surface area contributed by atoms with E-state index < -0.39 is 0 Å². The Hall–Kier alpha value is -17.5. The summed E-state index contributed by atoms with van der Waals surface area (Å²) < 4.78 is 17.9. The number of rotatable bonds is 12. The average molecular weight is 1890 g/mol. The molecule has 0 atom stereocenters. The zero-order chi connectivity index (χ0) is 93.1. The number of hydrogen-bond acceptors (Lipinski definition) is 15. The van der Waals surface area contributed by atoms with Crippen LogP contribution in [-0.4, -0.2) is 73.9 Å². The van der Waals surface area contributed by atoms with E-state index in [1.54, 1.807) is 70.0 Å².